The lowest BCUT2D eigenvalue weighted by Crippen LogP contribution is -2.36. The summed E-state index contributed by atoms with van der Waals surface area (Å²) in [7, 11) is 0. The van der Waals surface area contributed by atoms with Gasteiger partial charge in [-0.3, -0.25) is 9.59 Å². The SMILES string of the molecule is CC(=O)N(CCC(=O)NCC1CCCO1)c1ccccc1C. The van der Waals surface area contributed by atoms with Gasteiger partial charge in [0.1, 0.15) is 0 Å². The molecular weight excluding hydrogens is 280 g/mol. The summed E-state index contributed by atoms with van der Waals surface area (Å²) < 4.78 is 5.47. The van der Waals surface area contributed by atoms with Gasteiger partial charge in [0.05, 0.1) is 6.10 Å². The number of amides is 2. The van der Waals surface area contributed by atoms with Gasteiger partial charge in [-0.1, -0.05) is 18.2 Å². The van der Waals surface area contributed by atoms with Crippen molar-refractivity contribution in [3.8, 4) is 0 Å². The van der Waals surface area contributed by atoms with E-state index in [2.05, 4.69) is 5.32 Å². The molecule has 2 amide bonds. The van der Waals surface area contributed by atoms with E-state index in [0.717, 1.165) is 30.7 Å². The van der Waals surface area contributed by atoms with E-state index in [9.17, 15) is 9.59 Å². The van der Waals surface area contributed by atoms with Crippen LogP contribution in [-0.2, 0) is 14.3 Å². The second-order valence-electron chi connectivity index (χ2n) is 5.65. The van der Waals surface area contributed by atoms with Gasteiger partial charge in [-0.15, -0.1) is 0 Å². The fourth-order valence-corrected chi connectivity index (χ4v) is 2.65. The van der Waals surface area contributed by atoms with Crippen LogP contribution in [0.4, 0.5) is 5.69 Å². The minimum atomic E-state index is -0.0544. The van der Waals surface area contributed by atoms with Crippen molar-refractivity contribution in [2.75, 3.05) is 24.6 Å². The number of carbonyl (C=O) groups excluding carboxylic acids is 2. The lowest BCUT2D eigenvalue weighted by molar-refractivity contribution is -0.121. The Morgan fingerprint density at radius 3 is 2.77 bits per heavy atom. The van der Waals surface area contributed by atoms with E-state index >= 15 is 0 Å². The lowest BCUT2D eigenvalue weighted by Gasteiger charge is -2.23. The molecule has 0 bridgehead atoms. The normalized spacial score (nSPS) is 17.3. The molecule has 22 heavy (non-hydrogen) atoms. The van der Waals surface area contributed by atoms with Crippen LogP contribution in [0.1, 0.15) is 31.7 Å². The smallest absolute Gasteiger partial charge is 0.223 e. The van der Waals surface area contributed by atoms with Crippen LogP contribution in [0.5, 0.6) is 0 Å². The Morgan fingerprint density at radius 2 is 2.14 bits per heavy atom. The first-order valence-electron chi connectivity index (χ1n) is 7.80. The van der Waals surface area contributed by atoms with Crippen molar-refractivity contribution in [3.63, 3.8) is 0 Å². The highest BCUT2D eigenvalue weighted by Crippen LogP contribution is 2.19. The monoisotopic (exact) mass is 304 g/mol. The molecule has 1 atom stereocenters. The summed E-state index contributed by atoms with van der Waals surface area (Å²) in [6.07, 6.45) is 2.50. The first-order valence-corrected chi connectivity index (χ1v) is 7.80. The van der Waals surface area contributed by atoms with Crippen molar-refractivity contribution in [3.05, 3.63) is 29.8 Å². The zero-order valence-corrected chi connectivity index (χ0v) is 13.3. The summed E-state index contributed by atoms with van der Waals surface area (Å²) in [6.45, 7) is 5.21. The molecule has 1 aromatic carbocycles. The molecule has 1 aliphatic rings. The van der Waals surface area contributed by atoms with Crippen LogP contribution in [0.2, 0.25) is 0 Å². The summed E-state index contributed by atoms with van der Waals surface area (Å²) in [6, 6.07) is 7.70. The van der Waals surface area contributed by atoms with Crippen LogP contribution < -0.4 is 10.2 Å². The van der Waals surface area contributed by atoms with Crippen LogP contribution in [-0.4, -0.2) is 37.6 Å². The van der Waals surface area contributed by atoms with Gasteiger partial charge in [-0.05, 0) is 31.4 Å². The number of carbonyl (C=O) groups is 2. The summed E-state index contributed by atoms with van der Waals surface area (Å²) in [5.41, 5.74) is 1.89. The minimum absolute atomic E-state index is 0.0460. The third kappa shape index (κ3) is 4.56. The first-order chi connectivity index (χ1) is 10.6. The van der Waals surface area contributed by atoms with Gasteiger partial charge in [0.25, 0.3) is 0 Å². The highest BCUT2D eigenvalue weighted by Gasteiger charge is 2.18. The largest absolute Gasteiger partial charge is 0.376 e. The summed E-state index contributed by atoms with van der Waals surface area (Å²) in [5, 5.41) is 2.88. The summed E-state index contributed by atoms with van der Waals surface area (Å²) in [5.74, 6) is -0.100. The van der Waals surface area contributed by atoms with Crippen molar-refractivity contribution < 1.29 is 14.3 Å². The maximum absolute atomic E-state index is 11.9. The number of anilines is 1. The van der Waals surface area contributed by atoms with Crippen LogP contribution in [0, 0.1) is 6.92 Å². The minimum Gasteiger partial charge on any atom is -0.376 e. The topological polar surface area (TPSA) is 58.6 Å². The molecule has 0 saturated carbocycles. The van der Waals surface area contributed by atoms with Crippen molar-refractivity contribution in [1.29, 1.82) is 0 Å². The number of para-hydroxylation sites is 1. The Hall–Kier alpha value is -1.88. The maximum atomic E-state index is 11.9. The molecule has 2 rings (SSSR count). The summed E-state index contributed by atoms with van der Waals surface area (Å²) in [4.78, 5) is 25.4. The molecule has 5 heteroatoms. The first kappa shape index (κ1) is 16.5. The predicted octanol–water partition coefficient (Wildman–Crippen LogP) is 2.03. The number of ether oxygens (including phenoxy) is 1. The number of hydrogen-bond acceptors (Lipinski definition) is 3. The Bertz CT molecular complexity index is 524. The fourth-order valence-electron chi connectivity index (χ4n) is 2.65. The molecule has 0 aromatic heterocycles. The van der Waals surface area contributed by atoms with Gasteiger partial charge in [0.2, 0.25) is 11.8 Å². The van der Waals surface area contributed by atoms with Crippen molar-refractivity contribution in [1.82, 2.24) is 5.32 Å². The van der Waals surface area contributed by atoms with Crippen LogP contribution in [0.15, 0.2) is 24.3 Å². The standard InChI is InChI=1S/C17H24N2O3/c1-13-6-3-4-8-16(13)19(14(2)20)10-9-17(21)18-12-15-7-5-11-22-15/h3-4,6,8,15H,5,7,9-12H2,1-2H3,(H,18,21). The molecule has 0 spiro atoms. The van der Waals surface area contributed by atoms with Gasteiger partial charge in [0, 0.05) is 38.7 Å². The maximum Gasteiger partial charge on any atom is 0.223 e. The molecule has 0 aliphatic carbocycles. The molecule has 1 heterocycles. The quantitative estimate of drug-likeness (QED) is 0.875. The van der Waals surface area contributed by atoms with Crippen LogP contribution in [0.25, 0.3) is 0 Å². The van der Waals surface area contributed by atoms with Crippen molar-refractivity contribution in [2.45, 2.75) is 39.2 Å². The van der Waals surface area contributed by atoms with Gasteiger partial charge in [-0.25, -0.2) is 0 Å². The zero-order chi connectivity index (χ0) is 15.9. The molecule has 1 fully saturated rings. The molecular formula is C17H24N2O3. The van der Waals surface area contributed by atoms with Gasteiger partial charge >= 0.3 is 0 Å². The third-order valence-corrected chi connectivity index (χ3v) is 3.90. The number of benzene rings is 1. The molecule has 1 saturated heterocycles. The van der Waals surface area contributed by atoms with Crippen LogP contribution in [0.3, 0.4) is 0 Å². The lowest BCUT2D eigenvalue weighted by atomic mass is 10.1. The van der Waals surface area contributed by atoms with E-state index in [1.165, 1.54) is 6.92 Å². The molecule has 5 nitrogen and oxygen atoms in total. The number of hydrogen-bond donors (Lipinski definition) is 1. The highest BCUT2D eigenvalue weighted by molar-refractivity contribution is 5.93. The van der Waals surface area contributed by atoms with Crippen molar-refractivity contribution in [2.24, 2.45) is 0 Å². The number of aryl methyl sites for hydroxylation is 1. The van der Waals surface area contributed by atoms with Crippen molar-refractivity contribution >= 4 is 17.5 Å². The van der Waals surface area contributed by atoms with E-state index in [4.69, 9.17) is 4.74 Å². The number of nitrogens with zero attached hydrogens (tertiary/aromatic N) is 1. The van der Waals surface area contributed by atoms with Gasteiger partial charge < -0.3 is 15.0 Å². The summed E-state index contributed by atoms with van der Waals surface area (Å²) >= 11 is 0. The average molecular weight is 304 g/mol. The Kier molecular flexibility index (Phi) is 5.95. The van der Waals surface area contributed by atoms with Gasteiger partial charge in [0.15, 0.2) is 0 Å². The molecule has 0 radical (unpaired) electrons. The molecule has 1 aromatic rings. The number of nitrogens with one attached hydrogen (secondary N) is 1. The second-order valence-corrected chi connectivity index (χ2v) is 5.65. The molecule has 1 N–H and O–H groups in total. The number of rotatable bonds is 6. The Balaban J connectivity index is 1.85. The zero-order valence-electron chi connectivity index (χ0n) is 13.3. The fraction of sp³-hybridized carbons (Fsp3) is 0.529. The molecule has 1 aliphatic heterocycles. The molecule has 1 unspecified atom stereocenters. The van der Waals surface area contributed by atoms with Crippen LogP contribution >= 0.6 is 0 Å². The van der Waals surface area contributed by atoms with E-state index in [-0.39, 0.29) is 17.9 Å². The second kappa shape index (κ2) is 7.94. The van der Waals surface area contributed by atoms with E-state index in [0.29, 0.717) is 19.5 Å². The van der Waals surface area contributed by atoms with Gasteiger partial charge in [-0.2, -0.15) is 0 Å². The van der Waals surface area contributed by atoms with E-state index in [1.54, 1.807) is 4.90 Å². The predicted molar refractivity (Wildman–Crippen MR) is 85.8 cm³/mol. The van der Waals surface area contributed by atoms with E-state index in [1.807, 2.05) is 31.2 Å². The highest BCUT2D eigenvalue weighted by atomic mass is 16.5. The van der Waals surface area contributed by atoms with E-state index < -0.39 is 0 Å². The molecule has 120 valence electrons. The Labute approximate surface area is 131 Å². The average Bonchev–Trinajstić information content (AvgIpc) is 3.00. The third-order valence-electron chi connectivity index (χ3n) is 3.90. The Morgan fingerprint density at radius 1 is 1.36 bits per heavy atom.